The number of nitrogens with one attached hydrogen (secondary N) is 2. The first kappa shape index (κ1) is 23.5. The van der Waals surface area contributed by atoms with E-state index >= 15 is 0 Å². The molecule has 164 valence electrons. The highest BCUT2D eigenvalue weighted by Gasteiger charge is 2.17. The fraction of sp³-hybridized carbons (Fsp3) is 0.696. The Kier molecular flexibility index (Phi) is 11.5. The van der Waals surface area contributed by atoms with Crippen LogP contribution >= 0.6 is 0 Å². The van der Waals surface area contributed by atoms with Gasteiger partial charge in [-0.25, -0.2) is 4.99 Å². The molecular weight excluding hydrogens is 364 g/mol. The van der Waals surface area contributed by atoms with Crippen molar-refractivity contribution in [1.29, 1.82) is 0 Å². The molecule has 0 bridgehead atoms. The van der Waals surface area contributed by atoms with Crippen LogP contribution < -0.4 is 15.4 Å². The van der Waals surface area contributed by atoms with Gasteiger partial charge in [0.15, 0.2) is 5.96 Å². The van der Waals surface area contributed by atoms with Crippen LogP contribution in [0, 0.1) is 5.92 Å². The molecule has 0 amide bonds. The Morgan fingerprint density at radius 2 is 1.83 bits per heavy atom. The zero-order valence-electron chi connectivity index (χ0n) is 18.6. The van der Waals surface area contributed by atoms with Gasteiger partial charge in [0, 0.05) is 26.3 Å². The van der Waals surface area contributed by atoms with Crippen molar-refractivity contribution in [2.75, 3.05) is 53.0 Å². The molecule has 2 N–H and O–H groups in total. The minimum Gasteiger partial charge on any atom is -0.497 e. The summed E-state index contributed by atoms with van der Waals surface area (Å²) in [5, 5.41) is 6.99. The molecule has 6 nitrogen and oxygen atoms in total. The van der Waals surface area contributed by atoms with Crippen LogP contribution in [-0.4, -0.2) is 63.9 Å². The maximum atomic E-state index is 5.43. The van der Waals surface area contributed by atoms with Crippen molar-refractivity contribution < 1.29 is 9.47 Å². The minimum atomic E-state index is 0.652. The quantitative estimate of drug-likeness (QED) is 0.318. The minimum absolute atomic E-state index is 0.652. The maximum absolute atomic E-state index is 5.43. The van der Waals surface area contributed by atoms with Gasteiger partial charge in [0.1, 0.15) is 5.75 Å². The van der Waals surface area contributed by atoms with E-state index in [1.807, 2.05) is 19.1 Å². The van der Waals surface area contributed by atoms with Crippen LogP contribution in [0.5, 0.6) is 5.75 Å². The zero-order chi connectivity index (χ0) is 20.7. The lowest BCUT2D eigenvalue weighted by molar-refractivity contribution is 0.145. The number of aliphatic imine (C=N–C) groups is 1. The summed E-state index contributed by atoms with van der Waals surface area (Å²) in [4.78, 5) is 7.33. The van der Waals surface area contributed by atoms with Gasteiger partial charge >= 0.3 is 0 Å². The highest BCUT2D eigenvalue weighted by Crippen LogP contribution is 2.19. The third kappa shape index (κ3) is 9.50. The van der Waals surface area contributed by atoms with Crippen molar-refractivity contribution in [2.45, 2.75) is 46.1 Å². The average Bonchev–Trinajstić information content (AvgIpc) is 2.77. The molecule has 0 aromatic heterocycles. The molecular formula is C23H40N4O2. The molecule has 0 aliphatic carbocycles. The van der Waals surface area contributed by atoms with Gasteiger partial charge in [-0.1, -0.05) is 19.1 Å². The molecule has 0 spiro atoms. The van der Waals surface area contributed by atoms with Crippen molar-refractivity contribution in [3.05, 3.63) is 29.8 Å². The molecule has 1 saturated heterocycles. The van der Waals surface area contributed by atoms with Crippen LogP contribution in [0.25, 0.3) is 0 Å². The Balaban J connectivity index is 1.79. The summed E-state index contributed by atoms with van der Waals surface area (Å²) >= 11 is 0. The third-order valence-electron chi connectivity index (χ3n) is 5.54. The molecule has 1 aromatic carbocycles. The molecule has 0 unspecified atom stereocenters. The molecule has 6 heteroatoms. The van der Waals surface area contributed by atoms with E-state index in [0.717, 1.165) is 50.4 Å². The lowest BCUT2D eigenvalue weighted by atomic mass is 9.93. The van der Waals surface area contributed by atoms with Gasteiger partial charge in [-0.3, -0.25) is 0 Å². The predicted octanol–water partition coefficient (Wildman–Crippen LogP) is 3.28. The first-order chi connectivity index (χ1) is 14.2. The van der Waals surface area contributed by atoms with Crippen LogP contribution in [0.1, 0.15) is 45.1 Å². The summed E-state index contributed by atoms with van der Waals surface area (Å²) in [7, 11) is 1.69. The van der Waals surface area contributed by atoms with E-state index in [9.17, 15) is 0 Å². The molecule has 1 fully saturated rings. The first-order valence-corrected chi connectivity index (χ1v) is 11.2. The van der Waals surface area contributed by atoms with E-state index < -0.39 is 0 Å². The Hall–Kier alpha value is -1.79. The number of ether oxygens (including phenoxy) is 2. The molecule has 1 aliphatic heterocycles. The lowest BCUT2D eigenvalue weighted by Gasteiger charge is -2.31. The second-order valence-electron chi connectivity index (χ2n) is 7.58. The summed E-state index contributed by atoms with van der Waals surface area (Å²) in [5.74, 6) is 2.59. The topological polar surface area (TPSA) is 58.1 Å². The number of methoxy groups -OCH3 is 1. The number of rotatable bonds is 12. The van der Waals surface area contributed by atoms with E-state index in [4.69, 9.17) is 14.5 Å². The van der Waals surface area contributed by atoms with Gasteiger partial charge in [0.05, 0.1) is 13.7 Å². The number of hydrogen-bond acceptors (Lipinski definition) is 4. The maximum Gasteiger partial charge on any atom is 0.191 e. The second kappa shape index (κ2) is 14.2. The number of piperidine rings is 1. The van der Waals surface area contributed by atoms with Crippen molar-refractivity contribution in [3.63, 3.8) is 0 Å². The fourth-order valence-corrected chi connectivity index (χ4v) is 3.59. The summed E-state index contributed by atoms with van der Waals surface area (Å²) < 4.78 is 10.7. The van der Waals surface area contributed by atoms with Gasteiger partial charge in [0.2, 0.25) is 0 Å². The Morgan fingerprint density at radius 1 is 1.10 bits per heavy atom. The Morgan fingerprint density at radius 3 is 2.48 bits per heavy atom. The average molecular weight is 405 g/mol. The molecule has 2 rings (SSSR count). The van der Waals surface area contributed by atoms with Crippen LogP contribution in [-0.2, 0) is 11.3 Å². The molecule has 29 heavy (non-hydrogen) atoms. The SMILES string of the molecule is CCOCCCNC(=NCc1ccc(OC)cc1)NCCC1CCN(CC)CC1. The van der Waals surface area contributed by atoms with Crippen LogP contribution in [0.4, 0.5) is 0 Å². The summed E-state index contributed by atoms with van der Waals surface area (Å²) in [6.45, 7) is 12.0. The molecule has 0 saturated carbocycles. The largest absolute Gasteiger partial charge is 0.497 e. The van der Waals surface area contributed by atoms with Gasteiger partial charge in [-0.2, -0.15) is 0 Å². The van der Waals surface area contributed by atoms with Crippen LogP contribution in [0.15, 0.2) is 29.3 Å². The van der Waals surface area contributed by atoms with Gasteiger partial charge in [0.25, 0.3) is 0 Å². The Labute approximate surface area is 177 Å². The fourth-order valence-electron chi connectivity index (χ4n) is 3.59. The monoisotopic (exact) mass is 404 g/mol. The summed E-state index contributed by atoms with van der Waals surface area (Å²) in [6.07, 6.45) is 4.82. The zero-order valence-corrected chi connectivity index (χ0v) is 18.6. The smallest absolute Gasteiger partial charge is 0.191 e. The standard InChI is InChI=1S/C23H40N4O2/c1-4-27-16-12-20(13-17-27)11-15-25-23(24-14-6-18-29-5-2)26-19-21-7-9-22(28-3)10-8-21/h7-10,20H,4-6,11-19H2,1-3H3,(H2,24,25,26). The number of hydrogen-bond donors (Lipinski definition) is 2. The first-order valence-electron chi connectivity index (χ1n) is 11.2. The van der Waals surface area contributed by atoms with E-state index in [-0.39, 0.29) is 0 Å². The number of nitrogens with zero attached hydrogens (tertiary/aromatic N) is 2. The lowest BCUT2D eigenvalue weighted by Crippen LogP contribution is -2.40. The van der Waals surface area contributed by atoms with E-state index in [2.05, 4.69) is 34.6 Å². The molecule has 1 aromatic rings. The van der Waals surface area contributed by atoms with Crippen molar-refractivity contribution >= 4 is 5.96 Å². The molecule has 0 atom stereocenters. The van der Waals surface area contributed by atoms with E-state index in [1.54, 1.807) is 7.11 Å². The number of guanidine groups is 1. The van der Waals surface area contributed by atoms with Gasteiger partial charge in [-0.05, 0) is 75.9 Å². The molecule has 1 aliphatic rings. The van der Waals surface area contributed by atoms with Crippen molar-refractivity contribution in [2.24, 2.45) is 10.9 Å². The summed E-state index contributed by atoms with van der Waals surface area (Å²) in [6, 6.07) is 8.10. The highest BCUT2D eigenvalue weighted by atomic mass is 16.5. The van der Waals surface area contributed by atoms with Gasteiger partial charge < -0.3 is 25.0 Å². The Bertz CT molecular complexity index is 569. The summed E-state index contributed by atoms with van der Waals surface area (Å²) in [5.41, 5.74) is 1.17. The molecule has 1 heterocycles. The predicted molar refractivity (Wildman–Crippen MR) is 121 cm³/mol. The number of benzene rings is 1. The van der Waals surface area contributed by atoms with Crippen LogP contribution in [0.3, 0.4) is 0 Å². The van der Waals surface area contributed by atoms with Crippen molar-refractivity contribution in [3.8, 4) is 5.75 Å². The van der Waals surface area contributed by atoms with Crippen molar-refractivity contribution in [1.82, 2.24) is 15.5 Å². The second-order valence-corrected chi connectivity index (χ2v) is 7.58. The highest BCUT2D eigenvalue weighted by molar-refractivity contribution is 5.79. The van der Waals surface area contributed by atoms with Crippen LogP contribution in [0.2, 0.25) is 0 Å². The van der Waals surface area contributed by atoms with E-state index in [1.165, 1.54) is 44.5 Å². The molecule has 0 radical (unpaired) electrons. The van der Waals surface area contributed by atoms with E-state index in [0.29, 0.717) is 6.54 Å². The normalized spacial score (nSPS) is 16.0. The number of likely N-dealkylation sites (tertiary alicyclic amines) is 1. The third-order valence-corrected chi connectivity index (χ3v) is 5.54. The van der Waals surface area contributed by atoms with Gasteiger partial charge in [-0.15, -0.1) is 0 Å².